The van der Waals surface area contributed by atoms with Crippen LogP contribution in [0.5, 0.6) is 11.5 Å². The van der Waals surface area contributed by atoms with Crippen LogP contribution < -0.4 is 20.2 Å². The van der Waals surface area contributed by atoms with Crippen LogP contribution in [0, 0.1) is 17.0 Å². The smallest absolute Gasteiger partial charge is 0.322 e. The molecule has 0 spiro atoms. The Balaban J connectivity index is 1.76. The van der Waals surface area contributed by atoms with Gasteiger partial charge in [-0.2, -0.15) is 10.2 Å². The lowest BCUT2D eigenvalue weighted by atomic mass is 10.1. The molecule has 1 heterocycles. The molecule has 12 heteroatoms. The molecular weight excluding hydrogens is 456 g/mol. The average Bonchev–Trinajstić information content (AvgIpc) is 3.15. The van der Waals surface area contributed by atoms with Gasteiger partial charge in [-0.3, -0.25) is 24.4 Å². The first-order valence-electron chi connectivity index (χ1n) is 10.3. The number of nitrogens with one attached hydrogen (secondary N) is 2. The van der Waals surface area contributed by atoms with Crippen molar-refractivity contribution in [2.24, 2.45) is 12.1 Å². The van der Waals surface area contributed by atoms with E-state index in [0.29, 0.717) is 34.0 Å². The van der Waals surface area contributed by atoms with Gasteiger partial charge in [-0.25, -0.2) is 5.43 Å². The topological polar surface area (TPSA) is 150 Å². The number of hydrazone groups is 1. The van der Waals surface area contributed by atoms with Gasteiger partial charge in [-0.05, 0) is 49.7 Å². The Morgan fingerprint density at radius 1 is 1.06 bits per heavy atom. The fourth-order valence-corrected chi connectivity index (χ4v) is 3.37. The number of carbonyl (C=O) groups is 2. The summed E-state index contributed by atoms with van der Waals surface area (Å²) in [6.07, 6.45) is 0. The van der Waals surface area contributed by atoms with Crippen LogP contribution in [0.25, 0.3) is 0 Å². The van der Waals surface area contributed by atoms with Gasteiger partial charge in [0.1, 0.15) is 5.69 Å². The monoisotopic (exact) mass is 480 g/mol. The summed E-state index contributed by atoms with van der Waals surface area (Å²) in [6.45, 7) is 3.10. The number of hydrogen-bond donors (Lipinski definition) is 2. The number of hydrogen-bond acceptors (Lipinski definition) is 8. The first-order valence-corrected chi connectivity index (χ1v) is 10.3. The van der Waals surface area contributed by atoms with Crippen molar-refractivity contribution in [3.05, 3.63) is 75.1 Å². The third kappa shape index (κ3) is 5.43. The summed E-state index contributed by atoms with van der Waals surface area (Å²) in [6, 6.07) is 11.7. The normalized spacial score (nSPS) is 11.1. The SMILES string of the molecule is COc1ccc(C(=O)Nc2cccc(/C(C)=N\NC(=O)c3c([N+](=O)[O-])c(C)nn3C)c2)cc1OC. The highest BCUT2D eigenvalue weighted by molar-refractivity contribution is 6.06. The van der Waals surface area contributed by atoms with Crippen LogP contribution in [-0.2, 0) is 7.05 Å². The number of carbonyl (C=O) groups excluding carboxylic acids is 2. The molecule has 0 saturated heterocycles. The fraction of sp³-hybridized carbons (Fsp3) is 0.217. The van der Waals surface area contributed by atoms with E-state index in [9.17, 15) is 19.7 Å². The van der Waals surface area contributed by atoms with Crippen LogP contribution in [0.2, 0.25) is 0 Å². The Kier molecular flexibility index (Phi) is 7.44. The van der Waals surface area contributed by atoms with Gasteiger partial charge < -0.3 is 14.8 Å². The number of ether oxygens (including phenoxy) is 2. The third-order valence-corrected chi connectivity index (χ3v) is 5.10. The van der Waals surface area contributed by atoms with E-state index in [1.807, 2.05) is 0 Å². The fourth-order valence-electron chi connectivity index (χ4n) is 3.37. The lowest BCUT2D eigenvalue weighted by molar-refractivity contribution is -0.385. The zero-order valence-electron chi connectivity index (χ0n) is 19.8. The van der Waals surface area contributed by atoms with Gasteiger partial charge in [0.05, 0.1) is 24.9 Å². The summed E-state index contributed by atoms with van der Waals surface area (Å²) in [7, 11) is 4.43. The maximum Gasteiger partial charge on any atom is 0.322 e. The number of aromatic nitrogens is 2. The minimum Gasteiger partial charge on any atom is -0.493 e. The molecule has 12 nitrogen and oxygen atoms in total. The van der Waals surface area contributed by atoms with E-state index in [4.69, 9.17) is 9.47 Å². The second-order valence-corrected chi connectivity index (χ2v) is 7.41. The summed E-state index contributed by atoms with van der Waals surface area (Å²) in [5.74, 6) is -0.190. The van der Waals surface area contributed by atoms with E-state index < -0.39 is 10.8 Å². The van der Waals surface area contributed by atoms with E-state index in [2.05, 4.69) is 20.9 Å². The molecule has 0 aliphatic rings. The van der Waals surface area contributed by atoms with Crippen molar-refractivity contribution >= 4 is 28.9 Å². The quantitative estimate of drug-likeness (QED) is 0.286. The van der Waals surface area contributed by atoms with Crippen LogP contribution in [0.1, 0.15) is 39.0 Å². The molecule has 182 valence electrons. The van der Waals surface area contributed by atoms with Gasteiger partial charge in [0, 0.05) is 18.3 Å². The van der Waals surface area contributed by atoms with Crippen molar-refractivity contribution < 1.29 is 24.0 Å². The average molecular weight is 480 g/mol. The molecular formula is C23H24N6O6. The second kappa shape index (κ2) is 10.5. The Hall–Kier alpha value is -4.74. The minimum atomic E-state index is -0.767. The maximum absolute atomic E-state index is 12.7. The predicted octanol–water partition coefficient (Wildman–Crippen LogP) is 3.06. The zero-order valence-corrected chi connectivity index (χ0v) is 19.8. The molecule has 0 saturated carbocycles. The van der Waals surface area contributed by atoms with E-state index in [0.717, 1.165) is 4.68 Å². The summed E-state index contributed by atoms with van der Waals surface area (Å²) in [5.41, 5.74) is 3.78. The molecule has 0 aliphatic heterocycles. The molecule has 0 unspecified atom stereocenters. The standard InChI is InChI=1S/C23H24N6O6/c1-13(25-26-23(31)21-20(29(32)33)14(2)27-28(21)3)15-7-6-8-17(11-15)24-22(30)16-9-10-18(34-4)19(12-16)35-5/h6-12H,1-5H3,(H,24,30)(H,26,31)/b25-13-. The largest absolute Gasteiger partial charge is 0.493 e. The lowest BCUT2D eigenvalue weighted by Gasteiger charge is -2.11. The molecule has 2 aromatic carbocycles. The molecule has 3 rings (SSSR count). The Labute approximate surface area is 200 Å². The second-order valence-electron chi connectivity index (χ2n) is 7.41. The first kappa shape index (κ1) is 24.9. The van der Waals surface area contributed by atoms with Gasteiger partial charge in [0.2, 0.25) is 5.69 Å². The molecule has 35 heavy (non-hydrogen) atoms. The van der Waals surface area contributed by atoms with E-state index >= 15 is 0 Å². The van der Waals surface area contributed by atoms with Crippen molar-refractivity contribution in [1.82, 2.24) is 15.2 Å². The highest BCUT2D eigenvalue weighted by Gasteiger charge is 2.29. The number of aryl methyl sites for hydroxylation is 2. The number of nitro groups is 1. The van der Waals surface area contributed by atoms with Crippen LogP contribution >= 0.6 is 0 Å². The number of anilines is 1. The molecule has 2 amide bonds. The minimum absolute atomic E-state index is 0.126. The molecule has 0 bridgehead atoms. The summed E-state index contributed by atoms with van der Waals surface area (Å²) < 4.78 is 11.6. The molecule has 3 aromatic rings. The summed E-state index contributed by atoms with van der Waals surface area (Å²) in [4.78, 5) is 35.9. The molecule has 0 aliphatic carbocycles. The van der Waals surface area contributed by atoms with Crippen molar-refractivity contribution in [2.75, 3.05) is 19.5 Å². The van der Waals surface area contributed by atoms with Crippen molar-refractivity contribution in [1.29, 1.82) is 0 Å². The van der Waals surface area contributed by atoms with Crippen molar-refractivity contribution in [3.8, 4) is 11.5 Å². The van der Waals surface area contributed by atoms with E-state index in [-0.39, 0.29) is 23.0 Å². The van der Waals surface area contributed by atoms with Gasteiger partial charge in [-0.15, -0.1) is 0 Å². The molecule has 0 fully saturated rings. The first-order chi connectivity index (χ1) is 16.7. The van der Waals surface area contributed by atoms with Crippen LogP contribution in [0.15, 0.2) is 47.6 Å². The lowest BCUT2D eigenvalue weighted by Crippen LogP contribution is -2.23. The van der Waals surface area contributed by atoms with Gasteiger partial charge in [-0.1, -0.05) is 12.1 Å². The van der Waals surface area contributed by atoms with Gasteiger partial charge in [0.15, 0.2) is 11.5 Å². The number of methoxy groups -OCH3 is 2. The van der Waals surface area contributed by atoms with Crippen LogP contribution in [0.3, 0.4) is 0 Å². The highest BCUT2D eigenvalue weighted by Crippen LogP contribution is 2.28. The number of rotatable bonds is 8. The molecule has 1 aromatic heterocycles. The highest BCUT2D eigenvalue weighted by atomic mass is 16.6. The van der Waals surface area contributed by atoms with E-state index in [1.54, 1.807) is 49.4 Å². The van der Waals surface area contributed by atoms with Gasteiger partial charge in [0.25, 0.3) is 11.8 Å². The molecule has 0 atom stereocenters. The van der Waals surface area contributed by atoms with Crippen LogP contribution in [-0.4, -0.2) is 46.4 Å². The van der Waals surface area contributed by atoms with Crippen molar-refractivity contribution in [3.63, 3.8) is 0 Å². The zero-order chi connectivity index (χ0) is 25.7. The number of benzene rings is 2. The van der Waals surface area contributed by atoms with Crippen LogP contribution in [0.4, 0.5) is 11.4 Å². The Morgan fingerprint density at radius 2 is 1.77 bits per heavy atom. The summed E-state index contributed by atoms with van der Waals surface area (Å²) >= 11 is 0. The number of amides is 2. The number of nitrogens with zero attached hydrogens (tertiary/aromatic N) is 4. The molecule has 0 radical (unpaired) electrons. The predicted molar refractivity (Wildman–Crippen MR) is 128 cm³/mol. The summed E-state index contributed by atoms with van der Waals surface area (Å²) in [5, 5.41) is 22.1. The third-order valence-electron chi connectivity index (χ3n) is 5.10. The van der Waals surface area contributed by atoms with E-state index in [1.165, 1.54) is 28.2 Å². The maximum atomic E-state index is 12.7. The van der Waals surface area contributed by atoms with Gasteiger partial charge >= 0.3 is 5.69 Å². The Bertz CT molecular complexity index is 1330. The van der Waals surface area contributed by atoms with Crippen molar-refractivity contribution in [2.45, 2.75) is 13.8 Å². The molecule has 2 N–H and O–H groups in total. The Morgan fingerprint density at radius 3 is 2.43 bits per heavy atom.